The standard InChI is InChI=1S/C22H20FN3O4S/c1-29-14-6-7-15(17(9-14)30-2)16-10-18(27)24-20-19(16)21(28)26-22(25-20)31-11-12-4-3-5-13(23)8-12/h3-9,16H,10-11H2,1-2H3,(H2,24,25,26,27,28). The van der Waals surface area contributed by atoms with Gasteiger partial charge >= 0.3 is 0 Å². The number of hydrogen-bond acceptors (Lipinski definition) is 6. The highest BCUT2D eigenvalue weighted by atomic mass is 32.2. The summed E-state index contributed by atoms with van der Waals surface area (Å²) in [5, 5.41) is 3.04. The zero-order valence-corrected chi connectivity index (χ0v) is 17.7. The van der Waals surface area contributed by atoms with Gasteiger partial charge in [-0.3, -0.25) is 9.59 Å². The number of halogens is 1. The zero-order valence-electron chi connectivity index (χ0n) is 16.9. The third kappa shape index (κ3) is 4.41. The monoisotopic (exact) mass is 441 g/mol. The van der Waals surface area contributed by atoms with Crippen LogP contribution < -0.4 is 20.3 Å². The van der Waals surface area contributed by atoms with Crippen molar-refractivity contribution in [3.8, 4) is 11.5 Å². The minimum absolute atomic E-state index is 0.0935. The molecule has 0 bridgehead atoms. The molecule has 1 unspecified atom stereocenters. The number of aromatic amines is 1. The molecule has 1 aliphatic heterocycles. The lowest BCUT2D eigenvalue weighted by atomic mass is 9.86. The van der Waals surface area contributed by atoms with Crippen molar-refractivity contribution >= 4 is 23.5 Å². The smallest absolute Gasteiger partial charge is 0.257 e. The number of hydrogen-bond donors (Lipinski definition) is 2. The molecule has 160 valence electrons. The number of carbonyl (C=O) groups excluding carboxylic acids is 1. The number of amides is 1. The number of anilines is 1. The van der Waals surface area contributed by atoms with Gasteiger partial charge in [-0.25, -0.2) is 9.37 Å². The second-order valence-electron chi connectivity index (χ2n) is 6.96. The minimum Gasteiger partial charge on any atom is -0.497 e. The summed E-state index contributed by atoms with van der Waals surface area (Å²) in [6, 6.07) is 11.5. The summed E-state index contributed by atoms with van der Waals surface area (Å²) < 4.78 is 24.1. The van der Waals surface area contributed by atoms with Gasteiger partial charge < -0.3 is 19.8 Å². The van der Waals surface area contributed by atoms with Crippen molar-refractivity contribution in [2.75, 3.05) is 19.5 Å². The predicted molar refractivity (Wildman–Crippen MR) is 115 cm³/mol. The van der Waals surface area contributed by atoms with Gasteiger partial charge in [0, 0.05) is 29.7 Å². The number of H-pyrrole nitrogens is 1. The molecular formula is C22H20FN3O4S. The van der Waals surface area contributed by atoms with Crippen LogP contribution in [0, 0.1) is 5.82 Å². The van der Waals surface area contributed by atoms with E-state index in [9.17, 15) is 14.0 Å². The van der Waals surface area contributed by atoms with E-state index in [4.69, 9.17) is 9.47 Å². The molecule has 2 aromatic carbocycles. The fourth-order valence-electron chi connectivity index (χ4n) is 3.57. The van der Waals surface area contributed by atoms with Crippen molar-refractivity contribution in [3.05, 3.63) is 75.3 Å². The van der Waals surface area contributed by atoms with E-state index in [1.165, 1.54) is 31.0 Å². The van der Waals surface area contributed by atoms with Crippen LogP contribution in [0.4, 0.5) is 10.2 Å². The molecule has 31 heavy (non-hydrogen) atoms. The summed E-state index contributed by atoms with van der Waals surface area (Å²) in [6.07, 6.45) is 0.0935. The van der Waals surface area contributed by atoms with Crippen LogP contribution >= 0.6 is 11.8 Å². The lowest BCUT2D eigenvalue weighted by Crippen LogP contribution is -2.31. The first-order valence-electron chi connectivity index (χ1n) is 9.51. The Bertz CT molecular complexity index is 1200. The highest BCUT2D eigenvalue weighted by Gasteiger charge is 2.32. The number of aromatic nitrogens is 2. The average molecular weight is 441 g/mol. The first-order valence-corrected chi connectivity index (χ1v) is 10.5. The van der Waals surface area contributed by atoms with Gasteiger partial charge in [0.25, 0.3) is 5.56 Å². The van der Waals surface area contributed by atoms with Gasteiger partial charge in [0.05, 0.1) is 19.8 Å². The fraction of sp³-hybridized carbons (Fsp3) is 0.227. The summed E-state index contributed by atoms with van der Waals surface area (Å²) in [5.74, 6) is 0.699. The van der Waals surface area contributed by atoms with Gasteiger partial charge in [0.15, 0.2) is 5.16 Å². The number of thioether (sulfide) groups is 1. The number of carbonyl (C=O) groups is 1. The van der Waals surface area contributed by atoms with Crippen molar-refractivity contribution < 1.29 is 18.7 Å². The maximum atomic E-state index is 13.4. The molecule has 2 heterocycles. The topological polar surface area (TPSA) is 93.3 Å². The number of fused-ring (bicyclic) bond motifs is 1. The number of benzene rings is 2. The van der Waals surface area contributed by atoms with Gasteiger partial charge in [-0.1, -0.05) is 30.0 Å². The van der Waals surface area contributed by atoms with E-state index in [1.54, 1.807) is 37.4 Å². The lowest BCUT2D eigenvalue weighted by Gasteiger charge is -2.26. The molecule has 0 saturated carbocycles. The Labute approximate surface area is 182 Å². The quantitative estimate of drug-likeness (QED) is 0.448. The number of methoxy groups -OCH3 is 2. The molecule has 0 saturated heterocycles. The Morgan fingerprint density at radius 3 is 2.74 bits per heavy atom. The van der Waals surface area contributed by atoms with Gasteiger partial charge in [-0.2, -0.15) is 0 Å². The predicted octanol–water partition coefficient (Wildman–Crippen LogP) is 3.69. The molecular weight excluding hydrogens is 421 g/mol. The maximum absolute atomic E-state index is 13.4. The van der Waals surface area contributed by atoms with E-state index in [0.717, 1.165) is 5.56 Å². The summed E-state index contributed by atoms with van der Waals surface area (Å²) in [6.45, 7) is 0. The molecule has 0 radical (unpaired) electrons. The SMILES string of the molecule is COc1ccc(C2CC(=O)Nc3nc(SCc4cccc(F)c4)[nH]c(=O)c32)c(OC)c1. The Morgan fingerprint density at radius 1 is 1.16 bits per heavy atom. The summed E-state index contributed by atoms with van der Waals surface area (Å²) >= 11 is 1.25. The maximum Gasteiger partial charge on any atom is 0.257 e. The molecule has 3 aromatic rings. The van der Waals surface area contributed by atoms with E-state index in [-0.39, 0.29) is 29.5 Å². The van der Waals surface area contributed by atoms with Crippen LogP contribution in [0.25, 0.3) is 0 Å². The third-order valence-corrected chi connectivity index (χ3v) is 5.95. The van der Waals surface area contributed by atoms with E-state index < -0.39 is 5.92 Å². The van der Waals surface area contributed by atoms with E-state index in [2.05, 4.69) is 15.3 Å². The van der Waals surface area contributed by atoms with Crippen LogP contribution in [0.3, 0.4) is 0 Å². The van der Waals surface area contributed by atoms with Crippen LogP contribution in [0.15, 0.2) is 52.4 Å². The van der Waals surface area contributed by atoms with Crippen molar-refractivity contribution in [3.63, 3.8) is 0 Å². The van der Waals surface area contributed by atoms with E-state index in [1.807, 2.05) is 0 Å². The van der Waals surface area contributed by atoms with Crippen LogP contribution in [0.2, 0.25) is 0 Å². The van der Waals surface area contributed by atoms with Gasteiger partial charge in [0.2, 0.25) is 5.91 Å². The van der Waals surface area contributed by atoms with Crippen LogP contribution in [0.1, 0.15) is 29.0 Å². The van der Waals surface area contributed by atoms with Crippen molar-refractivity contribution in [1.82, 2.24) is 9.97 Å². The summed E-state index contributed by atoms with van der Waals surface area (Å²) in [7, 11) is 3.08. The number of ether oxygens (including phenoxy) is 2. The minimum atomic E-state index is -0.511. The highest BCUT2D eigenvalue weighted by molar-refractivity contribution is 7.98. The molecule has 4 rings (SSSR count). The molecule has 1 aromatic heterocycles. The second kappa shape index (κ2) is 8.81. The third-order valence-electron chi connectivity index (χ3n) is 5.01. The summed E-state index contributed by atoms with van der Waals surface area (Å²) in [4.78, 5) is 32.6. The first-order chi connectivity index (χ1) is 15.0. The van der Waals surface area contributed by atoms with E-state index >= 15 is 0 Å². The lowest BCUT2D eigenvalue weighted by molar-refractivity contribution is -0.116. The molecule has 7 nitrogen and oxygen atoms in total. The Kier molecular flexibility index (Phi) is 5.94. The normalized spacial score (nSPS) is 15.2. The van der Waals surface area contributed by atoms with Crippen LogP contribution in [-0.4, -0.2) is 30.1 Å². The number of nitrogens with zero attached hydrogens (tertiary/aromatic N) is 1. The molecule has 2 N–H and O–H groups in total. The van der Waals surface area contributed by atoms with Gasteiger partial charge in [-0.05, 0) is 23.8 Å². The second-order valence-corrected chi connectivity index (χ2v) is 7.93. The Hall–Kier alpha value is -3.33. The van der Waals surface area contributed by atoms with Crippen molar-refractivity contribution in [2.24, 2.45) is 0 Å². The summed E-state index contributed by atoms with van der Waals surface area (Å²) in [5.41, 5.74) is 1.50. The van der Waals surface area contributed by atoms with Gasteiger partial charge in [-0.15, -0.1) is 0 Å². The molecule has 1 aliphatic rings. The zero-order chi connectivity index (χ0) is 22.0. The van der Waals surface area contributed by atoms with Crippen molar-refractivity contribution in [2.45, 2.75) is 23.2 Å². The number of rotatable bonds is 6. The largest absolute Gasteiger partial charge is 0.497 e. The van der Waals surface area contributed by atoms with Crippen LogP contribution in [0.5, 0.6) is 11.5 Å². The Morgan fingerprint density at radius 2 is 2.00 bits per heavy atom. The molecule has 0 fully saturated rings. The molecule has 1 atom stereocenters. The molecule has 1 amide bonds. The van der Waals surface area contributed by atoms with Crippen molar-refractivity contribution in [1.29, 1.82) is 0 Å². The molecule has 0 spiro atoms. The van der Waals surface area contributed by atoms with E-state index in [0.29, 0.717) is 33.5 Å². The first kappa shape index (κ1) is 20.9. The average Bonchev–Trinajstić information content (AvgIpc) is 2.76. The number of nitrogens with one attached hydrogen (secondary N) is 2. The molecule has 9 heteroatoms. The highest BCUT2D eigenvalue weighted by Crippen LogP contribution is 2.40. The van der Waals surface area contributed by atoms with Crippen LogP contribution in [-0.2, 0) is 10.5 Å². The Balaban J connectivity index is 1.68. The fourth-order valence-corrected chi connectivity index (χ4v) is 4.37. The van der Waals surface area contributed by atoms with Gasteiger partial charge in [0.1, 0.15) is 23.1 Å². The molecule has 0 aliphatic carbocycles.